The Bertz CT molecular complexity index is 679. The number of nitrogens with one attached hydrogen (secondary N) is 2. The van der Waals surface area contributed by atoms with Gasteiger partial charge in [-0.15, -0.1) is 0 Å². The van der Waals surface area contributed by atoms with Gasteiger partial charge in [0.1, 0.15) is 0 Å². The molecule has 5 nitrogen and oxygen atoms in total. The molecule has 19 heavy (non-hydrogen) atoms. The maximum atomic E-state index is 13.0. The largest absolute Gasteiger partial charge is 0.383 e. The average molecular weight is 328 g/mol. The van der Waals surface area contributed by atoms with Gasteiger partial charge in [-0.05, 0) is 24.3 Å². The van der Waals surface area contributed by atoms with Gasteiger partial charge in [0.05, 0.1) is 6.20 Å². The van der Waals surface area contributed by atoms with Gasteiger partial charge in [-0.3, -0.25) is 14.3 Å². The minimum Gasteiger partial charge on any atom is -0.383 e. The molecule has 2 N–H and O–H groups in total. The molecule has 0 saturated heterocycles. The zero-order valence-corrected chi connectivity index (χ0v) is 11.4. The summed E-state index contributed by atoms with van der Waals surface area (Å²) < 4.78 is 15.1. The first-order valence-electron chi connectivity index (χ1n) is 5.55. The van der Waals surface area contributed by atoms with Crippen molar-refractivity contribution in [3.8, 4) is 0 Å². The van der Waals surface area contributed by atoms with Crippen molar-refractivity contribution in [3.05, 3.63) is 61.6 Å². The number of hydrogen-bond acceptors (Lipinski definition) is 3. The standard InChI is InChI=1S/C12H11BrFN3O2/c13-8-1-3-9(4-2-8)15-5-6-17-7-10(14)11(18)16-12(17)19/h1-4,7,15H,5-6H2,(H,16,18,19). The average Bonchev–Trinajstić information content (AvgIpc) is 2.38. The van der Waals surface area contributed by atoms with E-state index in [0.717, 1.165) is 20.9 Å². The molecule has 1 aromatic carbocycles. The third kappa shape index (κ3) is 3.54. The van der Waals surface area contributed by atoms with Gasteiger partial charge in [-0.1, -0.05) is 15.9 Å². The van der Waals surface area contributed by atoms with Crippen molar-refractivity contribution in [1.29, 1.82) is 0 Å². The predicted octanol–water partition coefficient (Wildman–Crippen LogP) is 1.55. The highest BCUT2D eigenvalue weighted by atomic mass is 79.9. The van der Waals surface area contributed by atoms with Crippen LogP contribution in [0.15, 0.2) is 44.5 Å². The lowest BCUT2D eigenvalue weighted by Crippen LogP contribution is -2.32. The predicted molar refractivity (Wildman–Crippen MR) is 73.9 cm³/mol. The molecule has 1 aromatic heterocycles. The van der Waals surface area contributed by atoms with E-state index in [-0.39, 0.29) is 6.54 Å². The van der Waals surface area contributed by atoms with E-state index >= 15 is 0 Å². The summed E-state index contributed by atoms with van der Waals surface area (Å²) in [5, 5.41) is 3.09. The second-order valence-electron chi connectivity index (χ2n) is 3.86. The van der Waals surface area contributed by atoms with Crippen LogP contribution in [-0.4, -0.2) is 16.1 Å². The Morgan fingerprint density at radius 2 is 1.95 bits per heavy atom. The number of H-pyrrole nitrogens is 1. The maximum absolute atomic E-state index is 13.0. The summed E-state index contributed by atoms with van der Waals surface area (Å²) in [5.41, 5.74) is -0.729. The first-order valence-corrected chi connectivity index (χ1v) is 6.34. The lowest BCUT2D eigenvalue weighted by atomic mass is 10.3. The number of anilines is 1. The summed E-state index contributed by atoms with van der Waals surface area (Å²) in [4.78, 5) is 24.1. The Morgan fingerprint density at radius 1 is 1.26 bits per heavy atom. The van der Waals surface area contributed by atoms with Gasteiger partial charge in [-0.2, -0.15) is 4.39 Å². The fourth-order valence-corrected chi connectivity index (χ4v) is 1.80. The van der Waals surface area contributed by atoms with Crippen LogP contribution in [0, 0.1) is 5.82 Å². The van der Waals surface area contributed by atoms with E-state index in [0.29, 0.717) is 6.54 Å². The van der Waals surface area contributed by atoms with Crippen LogP contribution in [0.5, 0.6) is 0 Å². The number of nitrogens with zero attached hydrogens (tertiary/aromatic N) is 1. The molecule has 2 rings (SSSR count). The number of halogens is 2. The summed E-state index contributed by atoms with van der Waals surface area (Å²) in [7, 11) is 0. The van der Waals surface area contributed by atoms with Gasteiger partial charge >= 0.3 is 5.69 Å². The van der Waals surface area contributed by atoms with E-state index in [1.54, 1.807) is 0 Å². The summed E-state index contributed by atoms with van der Waals surface area (Å²) in [6, 6.07) is 7.52. The van der Waals surface area contributed by atoms with Crippen LogP contribution in [0.25, 0.3) is 0 Å². The molecule has 0 bridgehead atoms. The zero-order valence-electron chi connectivity index (χ0n) is 9.82. The van der Waals surface area contributed by atoms with Crippen molar-refractivity contribution >= 4 is 21.6 Å². The molecule has 0 unspecified atom stereocenters. The van der Waals surface area contributed by atoms with Crippen LogP contribution in [0.4, 0.5) is 10.1 Å². The first-order chi connectivity index (χ1) is 9.06. The summed E-state index contributed by atoms with van der Waals surface area (Å²) in [5.74, 6) is -0.969. The van der Waals surface area contributed by atoms with Crippen LogP contribution >= 0.6 is 15.9 Å². The fraction of sp³-hybridized carbons (Fsp3) is 0.167. The SMILES string of the molecule is O=c1[nH]c(=O)n(CCNc2ccc(Br)cc2)cc1F. The van der Waals surface area contributed by atoms with E-state index in [2.05, 4.69) is 21.2 Å². The topological polar surface area (TPSA) is 66.9 Å². The smallest absolute Gasteiger partial charge is 0.328 e. The third-order valence-electron chi connectivity index (χ3n) is 2.49. The number of rotatable bonds is 4. The summed E-state index contributed by atoms with van der Waals surface area (Å²) in [6.07, 6.45) is 0.907. The second kappa shape index (κ2) is 5.83. The Balaban J connectivity index is 2.00. The Kier molecular flexibility index (Phi) is 4.16. The molecule has 1 heterocycles. The Morgan fingerprint density at radius 3 is 2.63 bits per heavy atom. The lowest BCUT2D eigenvalue weighted by molar-refractivity contribution is 0.556. The highest BCUT2D eigenvalue weighted by molar-refractivity contribution is 9.10. The molecule has 0 aliphatic heterocycles. The molecular weight excluding hydrogens is 317 g/mol. The van der Waals surface area contributed by atoms with E-state index < -0.39 is 17.1 Å². The number of aromatic amines is 1. The van der Waals surface area contributed by atoms with Crippen molar-refractivity contribution in [2.24, 2.45) is 0 Å². The van der Waals surface area contributed by atoms with Crippen molar-refractivity contribution in [2.45, 2.75) is 6.54 Å². The molecule has 0 fully saturated rings. The van der Waals surface area contributed by atoms with Crippen molar-refractivity contribution < 1.29 is 4.39 Å². The maximum Gasteiger partial charge on any atom is 0.328 e. The summed E-state index contributed by atoms with van der Waals surface area (Å²) in [6.45, 7) is 0.690. The number of benzene rings is 1. The molecule has 0 saturated carbocycles. The molecule has 0 radical (unpaired) electrons. The molecule has 100 valence electrons. The number of aromatic nitrogens is 2. The normalized spacial score (nSPS) is 10.4. The van der Waals surface area contributed by atoms with Crippen LogP contribution < -0.4 is 16.6 Å². The van der Waals surface area contributed by atoms with Crippen molar-refractivity contribution in [2.75, 3.05) is 11.9 Å². The van der Waals surface area contributed by atoms with Crippen molar-refractivity contribution in [1.82, 2.24) is 9.55 Å². The second-order valence-corrected chi connectivity index (χ2v) is 4.78. The van der Waals surface area contributed by atoms with Crippen LogP contribution in [0.3, 0.4) is 0 Å². The van der Waals surface area contributed by atoms with Crippen molar-refractivity contribution in [3.63, 3.8) is 0 Å². The first kappa shape index (κ1) is 13.5. The molecule has 0 aliphatic carbocycles. The highest BCUT2D eigenvalue weighted by Crippen LogP contribution is 2.13. The minimum absolute atomic E-state index is 0.253. The molecule has 2 aromatic rings. The van der Waals surface area contributed by atoms with Gasteiger partial charge in [0, 0.05) is 23.2 Å². The molecule has 7 heteroatoms. The van der Waals surface area contributed by atoms with Gasteiger partial charge in [0.15, 0.2) is 0 Å². The van der Waals surface area contributed by atoms with Gasteiger partial charge in [0.2, 0.25) is 5.82 Å². The van der Waals surface area contributed by atoms with E-state index in [1.165, 1.54) is 0 Å². The van der Waals surface area contributed by atoms with Gasteiger partial charge in [0.25, 0.3) is 5.56 Å². The van der Waals surface area contributed by atoms with E-state index in [1.807, 2.05) is 29.2 Å². The monoisotopic (exact) mass is 327 g/mol. The Labute approximate surface area is 116 Å². The molecule has 0 aliphatic rings. The summed E-state index contributed by atoms with van der Waals surface area (Å²) >= 11 is 3.33. The number of hydrogen-bond donors (Lipinski definition) is 2. The highest BCUT2D eigenvalue weighted by Gasteiger charge is 2.03. The van der Waals surface area contributed by atoms with E-state index in [4.69, 9.17) is 0 Å². The molecular formula is C12H11BrFN3O2. The molecule has 0 spiro atoms. The molecule has 0 atom stereocenters. The van der Waals surface area contributed by atoms with Crippen LogP contribution in [-0.2, 0) is 6.54 Å². The fourth-order valence-electron chi connectivity index (χ4n) is 1.54. The lowest BCUT2D eigenvalue weighted by Gasteiger charge is -2.08. The molecule has 0 amide bonds. The third-order valence-corrected chi connectivity index (χ3v) is 3.02. The Hall–Kier alpha value is -1.89. The van der Waals surface area contributed by atoms with Crippen LogP contribution in [0.2, 0.25) is 0 Å². The van der Waals surface area contributed by atoms with Gasteiger partial charge < -0.3 is 5.32 Å². The van der Waals surface area contributed by atoms with E-state index in [9.17, 15) is 14.0 Å². The quantitative estimate of drug-likeness (QED) is 0.895. The van der Waals surface area contributed by atoms with Crippen LogP contribution in [0.1, 0.15) is 0 Å². The minimum atomic E-state index is -0.998. The zero-order chi connectivity index (χ0) is 13.8. The van der Waals surface area contributed by atoms with Gasteiger partial charge in [-0.25, -0.2) is 4.79 Å².